The fourth-order valence-corrected chi connectivity index (χ4v) is 2.98. The average Bonchev–Trinajstić information content (AvgIpc) is 2.50. The van der Waals surface area contributed by atoms with E-state index in [4.69, 9.17) is 14.6 Å². The normalized spacial score (nSPS) is 12.3. The van der Waals surface area contributed by atoms with Gasteiger partial charge in [0.05, 0.1) is 13.7 Å². The Kier molecular flexibility index (Phi) is 7.58. The van der Waals surface area contributed by atoms with Gasteiger partial charge in [-0.3, -0.25) is 0 Å². The van der Waals surface area contributed by atoms with E-state index >= 15 is 0 Å². The van der Waals surface area contributed by atoms with E-state index in [0.717, 1.165) is 42.7 Å². The summed E-state index contributed by atoms with van der Waals surface area (Å²) in [5.74, 6) is 2.34. The summed E-state index contributed by atoms with van der Waals surface area (Å²) in [6, 6.07) is 2.24. The number of methoxy groups -OCH3 is 1. The van der Waals surface area contributed by atoms with Gasteiger partial charge in [-0.2, -0.15) is 0 Å². The molecule has 0 aliphatic heterocycles. The van der Waals surface area contributed by atoms with Crippen molar-refractivity contribution in [2.24, 2.45) is 0 Å². The maximum atomic E-state index is 9.12. The minimum atomic E-state index is 0.246. The molecule has 0 fully saturated rings. The molecule has 3 heteroatoms. The summed E-state index contributed by atoms with van der Waals surface area (Å²) in [5.41, 5.74) is 3.59. The molecule has 0 aromatic heterocycles. The molecule has 0 aliphatic rings. The summed E-state index contributed by atoms with van der Waals surface area (Å²) in [5, 5.41) is 9.12. The monoisotopic (exact) mass is 294 g/mol. The third-order valence-corrected chi connectivity index (χ3v) is 4.08. The minimum Gasteiger partial charge on any atom is -0.496 e. The Balaban J connectivity index is 3.35. The molecule has 1 aromatic rings. The highest BCUT2D eigenvalue weighted by atomic mass is 16.5. The van der Waals surface area contributed by atoms with Crippen molar-refractivity contribution >= 4 is 0 Å². The summed E-state index contributed by atoms with van der Waals surface area (Å²) < 4.78 is 11.5. The quantitative estimate of drug-likeness (QED) is 0.740. The first-order valence-electron chi connectivity index (χ1n) is 8.08. The van der Waals surface area contributed by atoms with Crippen LogP contribution in [0, 0.1) is 6.92 Å². The van der Waals surface area contributed by atoms with Crippen LogP contribution in [-0.4, -0.2) is 25.4 Å². The zero-order chi connectivity index (χ0) is 15.8. The topological polar surface area (TPSA) is 38.7 Å². The molecule has 0 aliphatic carbocycles. The lowest BCUT2D eigenvalue weighted by atomic mass is 9.87. The Hall–Kier alpha value is -1.22. The summed E-state index contributed by atoms with van der Waals surface area (Å²) in [7, 11) is 1.72. The summed E-state index contributed by atoms with van der Waals surface area (Å²) in [6.45, 7) is 9.33. The van der Waals surface area contributed by atoms with Crippen LogP contribution in [0.2, 0.25) is 0 Å². The Morgan fingerprint density at radius 1 is 1.19 bits per heavy atom. The molecule has 0 saturated carbocycles. The number of aryl methyl sites for hydroxylation is 1. The molecule has 0 spiro atoms. The Morgan fingerprint density at radius 2 is 1.90 bits per heavy atom. The third-order valence-electron chi connectivity index (χ3n) is 4.08. The first-order valence-corrected chi connectivity index (χ1v) is 8.08. The van der Waals surface area contributed by atoms with Crippen molar-refractivity contribution in [3.05, 3.63) is 22.8 Å². The molecular weight excluding hydrogens is 264 g/mol. The lowest BCUT2D eigenvalue weighted by Gasteiger charge is -2.24. The second-order valence-electron chi connectivity index (χ2n) is 5.37. The molecule has 0 bridgehead atoms. The van der Waals surface area contributed by atoms with Gasteiger partial charge in [0.25, 0.3) is 0 Å². The van der Waals surface area contributed by atoms with Crippen molar-refractivity contribution in [1.82, 2.24) is 0 Å². The van der Waals surface area contributed by atoms with Crippen molar-refractivity contribution in [3.63, 3.8) is 0 Å². The van der Waals surface area contributed by atoms with Crippen molar-refractivity contribution in [1.29, 1.82) is 0 Å². The number of aliphatic hydroxyl groups excluding tert-OH is 1. The largest absolute Gasteiger partial charge is 0.496 e. The molecular formula is C18H30O3. The zero-order valence-corrected chi connectivity index (χ0v) is 14.2. The lowest BCUT2D eigenvalue weighted by molar-refractivity contribution is 0.277. The molecule has 0 radical (unpaired) electrons. The molecule has 0 saturated heterocycles. The van der Waals surface area contributed by atoms with Crippen LogP contribution in [0.4, 0.5) is 0 Å². The summed E-state index contributed by atoms with van der Waals surface area (Å²) in [4.78, 5) is 0. The van der Waals surface area contributed by atoms with Gasteiger partial charge in [-0.05, 0) is 62.6 Å². The highest BCUT2D eigenvalue weighted by Gasteiger charge is 2.21. The van der Waals surface area contributed by atoms with Crippen LogP contribution in [0.1, 0.15) is 62.6 Å². The second kappa shape index (κ2) is 8.93. The first-order chi connectivity index (χ1) is 10.1. The van der Waals surface area contributed by atoms with Crippen LogP contribution >= 0.6 is 0 Å². The predicted molar refractivity (Wildman–Crippen MR) is 87.6 cm³/mol. The van der Waals surface area contributed by atoms with Crippen LogP contribution < -0.4 is 9.47 Å². The van der Waals surface area contributed by atoms with Crippen molar-refractivity contribution in [2.75, 3.05) is 20.3 Å². The third kappa shape index (κ3) is 4.13. The molecule has 120 valence electrons. The number of rotatable bonds is 9. The van der Waals surface area contributed by atoms with Gasteiger partial charge in [0, 0.05) is 12.2 Å². The molecule has 1 aromatic carbocycles. The number of benzene rings is 1. The van der Waals surface area contributed by atoms with E-state index in [0.29, 0.717) is 12.5 Å². The standard InChI is InChI=1S/C18H30O3/c1-6-14(10-9-11-19)16-12-15(7-2)17(20-5)13(4)18(16)21-8-3/h12,14,19H,6-11H2,1-5H3. The van der Waals surface area contributed by atoms with Crippen LogP contribution in [0.15, 0.2) is 6.07 Å². The molecule has 0 heterocycles. The SMILES string of the molecule is CCOc1c(C(CC)CCCO)cc(CC)c(OC)c1C. The van der Waals surface area contributed by atoms with E-state index in [9.17, 15) is 0 Å². The van der Waals surface area contributed by atoms with Crippen LogP contribution in [0.25, 0.3) is 0 Å². The van der Waals surface area contributed by atoms with Crippen LogP contribution in [0.3, 0.4) is 0 Å². The van der Waals surface area contributed by atoms with Crippen molar-refractivity contribution < 1.29 is 14.6 Å². The van der Waals surface area contributed by atoms with Gasteiger partial charge in [-0.25, -0.2) is 0 Å². The Morgan fingerprint density at radius 3 is 2.38 bits per heavy atom. The van der Waals surface area contributed by atoms with Gasteiger partial charge < -0.3 is 14.6 Å². The highest BCUT2D eigenvalue weighted by Crippen LogP contribution is 2.41. The minimum absolute atomic E-state index is 0.246. The first kappa shape index (κ1) is 17.8. The van der Waals surface area contributed by atoms with Gasteiger partial charge in [-0.15, -0.1) is 0 Å². The predicted octanol–water partition coefficient (Wildman–Crippen LogP) is 4.23. The van der Waals surface area contributed by atoms with Crippen molar-refractivity contribution in [2.45, 2.75) is 59.3 Å². The zero-order valence-electron chi connectivity index (χ0n) is 14.2. The van der Waals surface area contributed by atoms with Gasteiger partial charge >= 0.3 is 0 Å². The van der Waals surface area contributed by atoms with Crippen molar-refractivity contribution in [3.8, 4) is 11.5 Å². The van der Waals surface area contributed by atoms with Gasteiger partial charge in [0.1, 0.15) is 11.5 Å². The van der Waals surface area contributed by atoms with Gasteiger partial charge in [0.15, 0.2) is 0 Å². The van der Waals surface area contributed by atoms with E-state index < -0.39 is 0 Å². The van der Waals surface area contributed by atoms with Crippen LogP contribution in [0.5, 0.6) is 11.5 Å². The fraction of sp³-hybridized carbons (Fsp3) is 0.667. The van der Waals surface area contributed by atoms with E-state index in [1.165, 1.54) is 11.1 Å². The number of hydrogen-bond donors (Lipinski definition) is 1. The van der Waals surface area contributed by atoms with E-state index in [2.05, 4.69) is 26.8 Å². The smallest absolute Gasteiger partial charge is 0.129 e. The maximum absolute atomic E-state index is 9.12. The molecule has 1 unspecified atom stereocenters. The summed E-state index contributed by atoms with van der Waals surface area (Å²) in [6.07, 6.45) is 3.81. The van der Waals surface area contributed by atoms with Crippen LogP contribution in [-0.2, 0) is 6.42 Å². The molecule has 21 heavy (non-hydrogen) atoms. The highest BCUT2D eigenvalue weighted by molar-refractivity contribution is 5.55. The molecule has 1 N–H and O–H groups in total. The molecule has 1 atom stereocenters. The molecule has 1 rings (SSSR count). The van der Waals surface area contributed by atoms with E-state index in [1.54, 1.807) is 7.11 Å². The number of hydrogen-bond acceptors (Lipinski definition) is 3. The number of aliphatic hydroxyl groups is 1. The van der Waals surface area contributed by atoms with E-state index in [1.807, 2.05) is 6.92 Å². The lowest BCUT2D eigenvalue weighted by Crippen LogP contribution is -2.08. The van der Waals surface area contributed by atoms with E-state index in [-0.39, 0.29) is 6.61 Å². The Labute approximate surface area is 129 Å². The number of ether oxygens (including phenoxy) is 2. The summed E-state index contributed by atoms with van der Waals surface area (Å²) >= 11 is 0. The van der Waals surface area contributed by atoms with Gasteiger partial charge in [-0.1, -0.05) is 13.8 Å². The average molecular weight is 294 g/mol. The molecule has 3 nitrogen and oxygen atoms in total. The Bertz CT molecular complexity index is 441. The second-order valence-corrected chi connectivity index (χ2v) is 5.37. The van der Waals surface area contributed by atoms with Gasteiger partial charge in [0.2, 0.25) is 0 Å². The maximum Gasteiger partial charge on any atom is 0.129 e. The fourth-order valence-electron chi connectivity index (χ4n) is 2.98. The molecule has 0 amide bonds.